The Morgan fingerprint density at radius 1 is 1.11 bits per heavy atom. The molecule has 0 saturated heterocycles. The summed E-state index contributed by atoms with van der Waals surface area (Å²) in [5.41, 5.74) is 4.59. The molecule has 0 aliphatic carbocycles. The predicted octanol–water partition coefficient (Wildman–Crippen LogP) is 4.78. The molecular formula is C22H21N5O. The zero-order valence-corrected chi connectivity index (χ0v) is 16.0. The van der Waals surface area contributed by atoms with Gasteiger partial charge in [-0.15, -0.1) is 0 Å². The van der Waals surface area contributed by atoms with E-state index in [1.165, 1.54) is 0 Å². The number of carbonyl (C=O) groups excluding carboxylic acids is 1. The Morgan fingerprint density at radius 3 is 2.54 bits per heavy atom. The number of hydrogen-bond donors (Lipinski definition) is 2. The van der Waals surface area contributed by atoms with E-state index in [9.17, 15) is 4.79 Å². The number of anilines is 3. The van der Waals surface area contributed by atoms with Crippen LogP contribution < -0.4 is 10.6 Å². The second-order valence-corrected chi connectivity index (χ2v) is 6.73. The van der Waals surface area contributed by atoms with Gasteiger partial charge in [-0.25, -0.2) is 9.97 Å². The van der Waals surface area contributed by atoms with Crippen LogP contribution in [0.15, 0.2) is 54.7 Å². The predicted molar refractivity (Wildman–Crippen MR) is 110 cm³/mol. The Balaban J connectivity index is 1.81. The molecule has 3 rings (SSSR count). The number of aryl methyl sites for hydroxylation is 1. The fourth-order valence-corrected chi connectivity index (χ4v) is 2.82. The molecule has 0 fully saturated rings. The molecule has 0 saturated carbocycles. The van der Waals surface area contributed by atoms with Crippen LogP contribution in [0.5, 0.6) is 0 Å². The average molecular weight is 371 g/mol. The van der Waals surface area contributed by atoms with Crippen LogP contribution in [0.4, 0.5) is 17.3 Å². The minimum atomic E-state index is -0.343. The number of benzene rings is 2. The largest absolute Gasteiger partial charge is 0.324 e. The highest BCUT2D eigenvalue weighted by Gasteiger charge is 2.13. The van der Waals surface area contributed by atoms with E-state index in [-0.39, 0.29) is 11.6 Å². The number of nitriles is 1. The molecule has 1 amide bonds. The van der Waals surface area contributed by atoms with E-state index < -0.39 is 0 Å². The van der Waals surface area contributed by atoms with E-state index in [1.807, 2.05) is 25.1 Å². The number of nitrogens with one attached hydrogen (secondary N) is 2. The third kappa shape index (κ3) is 4.33. The van der Waals surface area contributed by atoms with Crippen LogP contribution in [0.1, 0.15) is 46.9 Å². The Bertz CT molecular complexity index is 1040. The quantitative estimate of drug-likeness (QED) is 0.674. The summed E-state index contributed by atoms with van der Waals surface area (Å²) in [4.78, 5) is 21.1. The summed E-state index contributed by atoms with van der Waals surface area (Å²) in [6.07, 6.45) is 1.55. The van der Waals surface area contributed by atoms with Gasteiger partial charge in [-0.3, -0.25) is 4.79 Å². The molecule has 0 radical (unpaired) electrons. The first-order chi connectivity index (χ1) is 13.5. The second kappa shape index (κ2) is 8.31. The van der Waals surface area contributed by atoms with Gasteiger partial charge in [0.05, 0.1) is 11.6 Å². The number of hydrogen-bond acceptors (Lipinski definition) is 5. The van der Waals surface area contributed by atoms with Crippen molar-refractivity contribution in [2.24, 2.45) is 0 Å². The SMILES string of the molecule is Cc1cccc(C(C)C)c1Nc1nccc(C(=O)Nc2ccc(C#N)cc2)n1. The highest BCUT2D eigenvalue weighted by molar-refractivity contribution is 6.03. The number of para-hydroxylation sites is 1. The zero-order valence-electron chi connectivity index (χ0n) is 16.0. The Kier molecular flexibility index (Phi) is 5.66. The number of rotatable bonds is 5. The molecule has 0 unspecified atom stereocenters. The van der Waals surface area contributed by atoms with Crippen LogP contribution in [0.25, 0.3) is 0 Å². The van der Waals surface area contributed by atoms with Gasteiger partial charge in [-0.2, -0.15) is 5.26 Å². The highest BCUT2D eigenvalue weighted by Crippen LogP contribution is 2.29. The van der Waals surface area contributed by atoms with Crippen LogP contribution >= 0.6 is 0 Å². The lowest BCUT2D eigenvalue weighted by Crippen LogP contribution is -2.15. The van der Waals surface area contributed by atoms with Crippen molar-refractivity contribution in [3.05, 3.63) is 77.1 Å². The Morgan fingerprint density at radius 2 is 1.86 bits per heavy atom. The van der Waals surface area contributed by atoms with Gasteiger partial charge in [0.15, 0.2) is 0 Å². The van der Waals surface area contributed by atoms with Gasteiger partial charge in [0.2, 0.25) is 5.95 Å². The topological polar surface area (TPSA) is 90.7 Å². The molecule has 0 aliphatic heterocycles. The normalized spacial score (nSPS) is 10.4. The summed E-state index contributed by atoms with van der Waals surface area (Å²) in [6.45, 7) is 6.28. The van der Waals surface area contributed by atoms with E-state index in [2.05, 4.69) is 40.5 Å². The summed E-state index contributed by atoms with van der Waals surface area (Å²) >= 11 is 0. The Labute approximate surface area is 164 Å². The van der Waals surface area contributed by atoms with E-state index in [0.717, 1.165) is 16.8 Å². The maximum absolute atomic E-state index is 12.5. The average Bonchev–Trinajstić information content (AvgIpc) is 2.70. The van der Waals surface area contributed by atoms with Crippen molar-refractivity contribution < 1.29 is 4.79 Å². The molecule has 0 spiro atoms. The van der Waals surface area contributed by atoms with E-state index >= 15 is 0 Å². The summed E-state index contributed by atoms with van der Waals surface area (Å²) in [5.74, 6) is 0.359. The molecule has 140 valence electrons. The van der Waals surface area contributed by atoms with Crippen LogP contribution in [0, 0.1) is 18.3 Å². The van der Waals surface area contributed by atoms with Crippen LogP contribution in [0.2, 0.25) is 0 Å². The summed E-state index contributed by atoms with van der Waals surface area (Å²) in [7, 11) is 0. The maximum Gasteiger partial charge on any atom is 0.274 e. The zero-order chi connectivity index (χ0) is 20.1. The first-order valence-corrected chi connectivity index (χ1v) is 8.99. The van der Waals surface area contributed by atoms with Gasteiger partial charge < -0.3 is 10.6 Å². The third-order valence-corrected chi connectivity index (χ3v) is 4.32. The minimum Gasteiger partial charge on any atom is -0.324 e. The first-order valence-electron chi connectivity index (χ1n) is 8.99. The minimum absolute atomic E-state index is 0.251. The second-order valence-electron chi connectivity index (χ2n) is 6.73. The van der Waals surface area contributed by atoms with E-state index in [1.54, 1.807) is 36.5 Å². The van der Waals surface area contributed by atoms with Crippen molar-refractivity contribution in [3.63, 3.8) is 0 Å². The van der Waals surface area contributed by atoms with Crippen LogP contribution in [-0.4, -0.2) is 15.9 Å². The van der Waals surface area contributed by atoms with E-state index in [0.29, 0.717) is 23.1 Å². The van der Waals surface area contributed by atoms with Crippen molar-refractivity contribution in [2.45, 2.75) is 26.7 Å². The van der Waals surface area contributed by atoms with Crippen LogP contribution in [-0.2, 0) is 0 Å². The number of amides is 1. The molecule has 0 aliphatic rings. The molecule has 2 aromatic carbocycles. The molecule has 6 nitrogen and oxygen atoms in total. The first kappa shape index (κ1) is 19.1. The van der Waals surface area contributed by atoms with Crippen molar-refractivity contribution in [2.75, 3.05) is 10.6 Å². The van der Waals surface area contributed by atoms with Gasteiger partial charge in [-0.1, -0.05) is 32.0 Å². The molecular weight excluding hydrogens is 350 g/mol. The van der Waals surface area contributed by atoms with Crippen molar-refractivity contribution >= 4 is 23.2 Å². The van der Waals surface area contributed by atoms with Crippen LogP contribution in [0.3, 0.4) is 0 Å². The third-order valence-electron chi connectivity index (χ3n) is 4.32. The van der Waals surface area contributed by atoms with Crippen molar-refractivity contribution in [3.8, 4) is 6.07 Å². The Hall–Kier alpha value is -3.72. The molecule has 1 heterocycles. The molecule has 1 aromatic heterocycles. The van der Waals surface area contributed by atoms with Gasteiger partial charge in [0.25, 0.3) is 5.91 Å². The monoisotopic (exact) mass is 371 g/mol. The fraction of sp³-hybridized carbons (Fsp3) is 0.182. The fourth-order valence-electron chi connectivity index (χ4n) is 2.82. The van der Waals surface area contributed by atoms with Gasteiger partial charge in [0, 0.05) is 17.6 Å². The summed E-state index contributed by atoms with van der Waals surface area (Å²) in [5, 5.41) is 14.9. The molecule has 0 bridgehead atoms. The smallest absolute Gasteiger partial charge is 0.274 e. The van der Waals surface area contributed by atoms with Gasteiger partial charge in [0.1, 0.15) is 5.69 Å². The summed E-state index contributed by atoms with van der Waals surface area (Å²) in [6, 6.07) is 16.4. The highest BCUT2D eigenvalue weighted by atomic mass is 16.1. The molecule has 28 heavy (non-hydrogen) atoms. The van der Waals surface area contributed by atoms with Crippen molar-refractivity contribution in [1.82, 2.24) is 9.97 Å². The number of carbonyl (C=O) groups is 1. The lowest BCUT2D eigenvalue weighted by atomic mass is 9.98. The number of aromatic nitrogens is 2. The van der Waals surface area contributed by atoms with E-state index in [4.69, 9.17) is 5.26 Å². The molecule has 6 heteroatoms. The standard InChI is InChI=1S/C22H21N5O/c1-14(2)18-6-4-5-15(3)20(18)27-22-24-12-11-19(26-22)21(28)25-17-9-7-16(13-23)8-10-17/h4-12,14H,1-3H3,(H,25,28)(H,24,26,27). The molecule has 3 aromatic rings. The lowest BCUT2D eigenvalue weighted by Gasteiger charge is -2.16. The summed E-state index contributed by atoms with van der Waals surface area (Å²) < 4.78 is 0. The molecule has 0 atom stereocenters. The number of nitrogens with zero attached hydrogens (tertiary/aromatic N) is 3. The van der Waals surface area contributed by atoms with Crippen molar-refractivity contribution in [1.29, 1.82) is 5.26 Å². The van der Waals surface area contributed by atoms with Gasteiger partial charge >= 0.3 is 0 Å². The maximum atomic E-state index is 12.5. The van der Waals surface area contributed by atoms with Gasteiger partial charge in [-0.05, 0) is 54.3 Å². The molecule has 2 N–H and O–H groups in total. The lowest BCUT2D eigenvalue weighted by molar-refractivity contribution is 0.102.